The summed E-state index contributed by atoms with van der Waals surface area (Å²) in [6.45, 7) is 1.89. The Bertz CT molecular complexity index is 265. The number of rotatable bonds is 6. The number of halogens is 1. The van der Waals surface area contributed by atoms with Crippen molar-refractivity contribution in [2.24, 2.45) is 0 Å². The predicted octanol–water partition coefficient (Wildman–Crippen LogP) is 1.48. The van der Waals surface area contributed by atoms with Gasteiger partial charge in [-0.2, -0.15) is 0 Å². The molecule has 4 nitrogen and oxygen atoms in total. The van der Waals surface area contributed by atoms with E-state index in [1.807, 2.05) is 4.90 Å². The molecule has 0 aromatic rings. The van der Waals surface area contributed by atoms with Gasteiger partial charge in [-0.25, -0.2) is 0 Å². The normalized spacial score (nSPS) is 15.1. The third-order valence-corrected chi connectivity index (χ3v) is 3.30. The van der Waals surface area contributed by atoms with Crippen molar-refractivity contribution >= 4 is 23.4 Å². The Morgan fingerprint density at radius 1 is 1.24 bits per heavy atom. The summed E-state index contributed by atoms with van der Waals surface area (Å²) in [4.78, 5) is 26.8. The van der Waals surface area contributed by atoms with Gasteiger partial charge in [0.15, 0.2) is 0 Å². The van der Waals surface area contributed by atoms with Gasteiger partial charge in [-0.1, -0.05) is 0 Å². The summed E-state index contributed by atoms with van der Waals surface area (Å²) in [6, 6.07) is 0. The highest BCUT2D eigenvalue weighted by atomic mass is 35.5. The standard InChI is InChI=1S/C12H21ClN2O2/c1-14(11(16)6-2-3-7-13)10-12(17)15-8-4-5-9-15/h2-10H2,1H3. The summed E-state index contributed by atoms with van der Waals surface area (Å²) < 4.78 is 0. The lowest BCUT2D eigenvalue weighted by Gasteiger charge is -2.21. The van der Waals surface area contributed by atoms with E-state index < -0.39 is 0 Å². The molecule has 1 aliphatic heterocycles. The summed E-state index contributed by atoms with van der Waals surface area (Å²) in [6.07, 6.45) is 4.29. The van der Waals surface area contributed by atoms with E-state index in [0.29, 0.717) is 12.3 Å². The van der Waals surface area contributed by atoms with E-state index in [2.05, 4.69) is 0 Å². The molecule has 0 aromatic carbocycles. The number of unbranched alkanes of at least 4 members (excludes halogenated alkanes) is 1. The summed E-state index contributed by atoms with van der Waals surface area (Å²) in [5, 5.41) is 0. The number of alkyl halides is 1. The van der Waals surface area contributed by atoms with Crippen molar-refractivity contribution in [1.29, 1.82) is 0 Å². The molecule has 0 spiro atoms. The monoisotopic (exact) mass is 260 g/mol. The third-order valence-electron chi connectivity index (χ3n) is 3.03. The lowest BCUT2D eigenvalue weighted by atomic mass is 10.2. The van der Waals surface area contributed by atoms with Gasteiger partial charge in [-0.05, 0) is 25.7 Å². The van der Waals surface area contributed by atoms with Crippen LogP contribution in [0.15, 0.2) is 0 Å². The molecule has 0 radical (unpaired) electrons. The van der Waals surface area contributed by atoms with Crippen LogP contribution in [0.5, 0.6) is 0 Å². The van der Waals surface area contributed by atoms with Gasteiger partial charge in [0.2, 0.25) is 11.8 Å². The van der Waals surface area contributed by atoms with Crippen LogP contribution in [0.2, 0.25) is 0 Å². The SMILES string of the molecule is CN(CC(=O)N1CCCC1)C(=O)CCCCCl. The highest BCUT2D eigenvalue weighted by molar-refractivity contribution is 6.17. The van der Waals surface area contributed by atoms with Crippen LogP contribution in [-0.2, 0) is 9.59 Å². The van der Waals surface area contributed by atoms with Gasteiger partial charge in [-0.3, -0.25) is 9.59 Å². The van der Waals surface area contributed by atoms with Crippen molar-refractivity contribution in [1.82, 2.24) is 9.80 Å². The van der Waals surface area contributed by atoms with Gasteiger partial charge in [-0.15, -0.1) is 11.6 Å². The number of hydrogen-bond acceptors (Lipinski definition) is 2. The lowest BCUT2D eigenvalue weighted by Crippen LogP contribution is -2.39. The maximum atomic E-state index is 11.8. The Labute approximate surface area is 108 Å². The van der Waals surface area contributed by atoms with Crippen molar-refractivity contribution in [3.05, 3.63) is 0 Å². The van der Waals surface area contributed by atoms with Crippen LogP contribution >= 0.6 is 11.6 Å². The first-order valence-electron chi connectivity index (χ1n) is 6.23. The zero-order chi connectivity index (χ0) is 12.7. The van der Waals surface area contributed by atoms with Crippen molar-refractivity contribution in [2.75, 3.05) is 32.6 Å². The molecule has 1 saturated heterocycles. The quantitative estimate of drug-likeness (QED) is 0.536. The van der Waals surface area contributed by atoms with Crippen molar-refractivity contribution in [2.45, 2.75) is 32.1 Å². The summed E-state index contributed by atoms with van der Waals surface area (Å²) in [7, 11) is 1.69. The van der Waals surface area contributed by atoms with E-state index in [-0.39, 0.29) is 18.4 Å². The fraction of sp³-hybridized carbons (Fsp3) is 0.833. The average molecular weight is 261 g/mol. The maximum Gasteiger partial charge on any atom is 0.242 e. The van der Waals surface area contributed by atoms with Crippen LogP contribution in [0.4, 0.5) is 0 Å². The van der Waals surface area contributed by atoms with Gasteiger partial charge in [0.25, 0.3) is 0 Å². The Balaban J connectivity index is 2.24. The number of likely N-dealkylation sites (N-methyl/N-ethyl adjacent to an activating group) is 1. The second-order valence-electron chi connectivity index (χ2n) is 4.48. The van der Waals surface area contributed by atoms with Gasteiger partial charge < -0.3 is 9.80 Å². The molecule has 1 aliphatic rings. The first kappa shape index (κ1) is 14.3. The van der Waals surface area contributed by atoms with Gasteiger partial charge >= 0.3 is 0 Å². The van der Waals surface area contributed by atoms with E-state index in [9.17, 15) is 9.59 Å². The second kappa shape index (κ2) is 7.54. The molecule has 5 heteroatoms. The molecular formula is C12H21ClN2O2. The van der Waals surface area contributed by atoms with Crippen LogP contribution in [0, 0.1) is 0 Å². The predicted molar refractivity (Wildman–Crippen MR) is 68.0 cm³/mol. The van der Waals surface area contributed by atoms with Crippen LogP contribution in [0.3, 0.4) is 0 Å². The highest BCUT2D eigenvalue weighted by Crippen LogP contribution is 2.08. The summed E-state index contributed by atoms with van der Waals surface area (Å²) >= 11 is 5.55. The van der Waals surface area contributed by atoms with E-state index in [1.165, 1.54) is 4.90 Å². The Hall–Kier alpha value is -0.770. The van der Waals surface area contributed by atoms with Crippen molar-refractivity contribution < 1.29 is 9.59 Å². The second-order valence-corrected chi connectivity index (χ2v) is 4.86. The van der Waals surface area contributed by atoms with Gasteiger partial charge in [0, 0.05) is 32.4 Å². The van der Waals surface area contributed by atoms with E-state index in [4.69, 9.17) is 11.6 Å². The lowest BCUT2D eigenvalue weighted by molar-refractivity contribution is -0.138. The third kappa shape index (κ3) is 4.94. The van der Waals surface area contributed by atoms with Gasteiger partial charge in [0.1, 0.15) is 0 Å². The maximum absolute atomic E-state index is 11.8. The fourth-order valence-corrected chi connectivity index (χ4v) is 2.11. The molecule has 0 N–H and O–H groups in total. The molecule has 0 atom stereocenters. The van der Waals surface area contributed by atoms with Crippen molar-refractivity contribution in [3.63, 3.8) is 0 Å². The summed E-state index contributed by atoms with van der Waals surface area (Å²) in [5.74, 6) is 0.683. The number of hydrogen-bond donors (Lipinski definition) is 0. The molecule has 2 amide bonds. The van der Waals surface area contributed by atoms with Gasteiger partial charge in [0.05, 0.1) is 6.54 Å². The minimum Gasteiger partial charge on any atom is -0.341 e. The fourth-order valence-electron chi connectivity index (χ4n) is 1.92. The van der Waals surface area contributed by atoms with Crippen LogP contribution in [-0.4, -0.2) is 54.2 Å². The number of carbonyl (C=O) groups excluding carboxylic acids is 2. The Morgan fingerprint density at radius 3 is 2.47 bits per heavy atom. The largest absolute Gasteiger partial charge is 0.341 e. The molecule has 0 aromatic heterocycles. The minimum atomic E-state index is 0.0302. The molecular weight excluding hydrogens is 240 g/mol. The zero-order valence-electron chi connectivity index (χ0n) is 10.5. The Kier molecular flexibility index (Phi) is 6.34. The summed E-state index contributed by atoms with van der Waals surface area (Å²) in [5.41, 5.74) is 0. The molecule has 17 heavy (non-hydrogen) atoms. The van der Waals surface area contributed by atoms with Crippen LogP contribution in [0.1, 0.15) is 32.1 Å². The number of amides is 2. The van der Waals surface area contributed by atoms with Crippen LogP contribution in [0.25, 0.3) is 0 Å². The molecule has 0 unspecified atom stereocenters. The number of likely N-dealkylation sites (tertiary alicyclic amines) is 1. The van der Waals surface area contributed by atoms with E-state index >= 15 is 0 Å². The van der Waals surface area contributed by atoms with Crippen molar-refractivity contribution in [3.8, 4) is 0 Å². The molecule has 1 fully saturated rings. The molecule has 1 rings (SSSR count). The van der Waals surface area contributed by atoms with Crippen LogP contribution < -0.4 is 0 Å². The molecule has 98 valence electrons. The average Bonchev–Trinajstić information content (AvgIpc) is 2.82. The van der Waals surface area contributed by atoms with E-state index in [1.54, 1.807) is 7.05 Å². The Morgan fingerprint density at radius 2 is 1.88 bits per heavy atom. The minimum absolute atomic E-state index is 0.0302. The molecule has 0 saturated carbocycles. The molecule has 1 heterocycles. The molecule has 0 bridgehead atoms. The molecule has 0 aliphatic carbocycles. The number of carbonyl (C=O) groups is 2. The highest BCUT2D eigenvalue weighted by Gasteiger charge is 2.20. The van der Waals surface area contributed by atoms with E-state index in [0.717, 1.165) is 38.8 Å². The first-order chi connectivity index (χ1) is 8.15. The zero-order valence-corrected chi connectivity index (χ0v) is 11.2. The first-order valence-corrected chi connectivity index (χ1v) is 6.76. The smallest absolute Gasteiger partial charge is 0.242 e. The topological polar surface area (TPSA) is 40.6 Å². The number of nitrogens with zero attached hydrogens (tertiary/aromatic N) is 2.